The van der Waals surface area contributed by atoms with E-state index in [0.29, 0.717) is 17.4 Å². The molecule has 0 aliphatic heterocycles. The van der Waals surface area contributed by atoms with Crippen LogP contribution in [0.5, 0.6) is 0 Å². The zero-order chi connectivity index (χ0) is 14.7. The van der Waals surface area contributed by atoms with Crippen LogP contribution in [0.25, 0.3) is 22.4 Å². The molecule has 0 aliphatic carbocycles. The molecular weight excluding hydrogens is 270 g/mol. The van der Waals surface area contributed by atoms with Crippen LogP contribution in [-0.2, 0) is 11.2 Å². The number of ether oxygens (including phenoxy) is 1. The smallest absolute Gasteiger partial charge is 0.229 e. The number of pyridine rings is 1. The quantitative estimate of drug-likeness (QED) is 0.770. The Labute approximate surface area is 121 Å². The summed E-state index contributed by atoms with van der Waals surface area (Å²) in [6, 6.07) is 11.6. The van der Waals surface area contributed by atoms with Gasteiger partial charge in [-0.1, -0.05) is 29.4 Å². The zero-order valence-electron chi connectivity index (χ0n) is 11.6. The van der Waals surface area contributed by atoms with E-state index in [2.05, 4.69) is 15.1 Å². The Morgan fingerprint density at radius 3 is 2.90 bits per heavy atom. The molecule has 0 spiro atoms. The van der Waals surface area contributed by atoms with E-state index < -0.39 is 6.10 Å². The second kappa shape index (κ2) is 5.99. The SMILES string of the molecule is COCC(O)Cc1nc(-c2ccc3ccccc3n2)no1. The van der Waals surface area contributed by atoms with Crippen LogP contribution in [0.15, 0.2) is 40.9 Å². The van der Waals surface area contributed by atoms with Crippen molar-refractivity contribution in [1.82, 2.24) is 15.1 Å². The van der Waals surface area contributed by atoms with Gasteiger partial charge in [0.15, 0.2) is 0 Å². The van der Waals surface area contributed by atoms with E-state index in [1.807, 2.05) is 36.4 Å². The summed E-state index contributed by atoms with van der Waals surface area (Å²) in [5.41, 5.74) is 1.52. The summed E-state index contributed by atoms with van der Waals surface area (Å²) in [4.78, 5) is 8.76. The van der Waals surface area contributed by atoms with Gasteiger partial charge in [0.25, 0.3) is 0 Å². The molecule has 3 rings (SSSR count). The second-order valence-corrected chi connectivity index (χ2v) is 4.71. The third-order valence-electron chi connectivity index (χ3n) is 3.06. The summed E-state index contributed by atoms with van der Waals surface area (Å²) >= 11 is 0. The van der Waals surface area contributed by atoms with Gasteiger partial charge in [-0.15, -0.1) is 0 Å². The van der Waals surface area contributed by atoms with E-state index in [1.54, 1.807) is 0 Å². The van der Waals surface area contributed by atoms with Gasteiger partial charge in [-0.2, -0.15) is 4.98 Å². The van der Waals surface area contributed by atoms with Crippen molar-refractivity contribution >= 4 is 10.9 Å². The number of fused-ring (bicyclic) bond motifs is 1. The highest BCUT2D eigenvalue weighted by Crippen LogP contribution is 2.18. The van der Waals surface area contributed by atoms with Crippen molar-refractivity contribution in [3.63, 3.8) is 0 Å². The molecule has 0 bridgehead atoms. The first-order chi connectivity index (χ1) is 10.3. The highest BCUT2D eigenvalue weighted by molar-refractivity contribution is 5.80. The van der Waals surface area contributed by atoms with Crippen molar-refractivity contribution in [2.24, 2.45) is 0 Å². The molecule has 0 aliphatic rings. The highest BCUT2D eigenvalue weighted by Gasteiger charge is 2.14. The molecule has 0 amide bonds. The molecule has 0 saturated heterocycles. The third-order valence-corrected chi connectivity index (χ3v) is 3.06. The Bertz CT molecular complexity index is 742. The maximum atomic E-state index is 9.66. The number of aromatic nitrogens is 3. The summed E-state index contributed by atoms with van der Waals surface area (Å²) in [6.07, 6.45) is -0.401. The molecule has 1 unspecified atom stereocenters. The fourth-order valence-electron chi connectivity index (χ4n) is 2.09. The first-order valence-corrected chi connectivity index (χ1v) is 6.62. The van der Waals surface area contributed by atoms with E-state index >= 15 is 0 Å². The standard InChI is InChI=1S/C15H15N3O3/c1-20-9-11(19)8-14-17-15(18-21-14)13-7-6-10-4-2-3-5-12(10)16-13/h2-7,11,19H,8-9H2,1H3. The third kappa shape index (κ3) is 3.07. The average molecular weight is 285 g/mol. The Hall–Kier alpha value is -2.31. The Kier molecular flexibility index (Phi) is 3.89. The lowest BCUT2D eigenvalue weighted by Crippen LogP contribution is -2.17. The van der Waals surface area contributed by atoms with Gasteiger partial charge in [0.2, 0.25) is 11.7 Å². The molecule has 3 aromatic rings. The number of rotatable bonds is 5. The van der Waals surface area contributed by atoms with Crippen molar-refractivity contribution < 1.29 is 14.4 Å². The van der Waals surface area contributed by atoms with Crippen molar-refractivity contribution in [1.29, 1.82) is 0 Å². The second-order valence-electron chi connectivity index (χ2n) is 4.71. The van der Waals surface area contributed by atoms with E-state index in [4.69, 9.17) is 9.26 Å². The fourth-order valence-corrected chi connectivity index (χ4v) is 2.09. The number of aliphatic hydroxyl groups is 1. The molecule has 1 N–H and O–H groups in total. The topological polar surface area (TPSA) is 81.3 Å². The summed E-state index contributed by atoms with van der Waals surface area (Å²) in [5.74, 6) is 0.782. The van der Waals surface area contributed by atoms with Gasteiger partial charge in [-0.25, -0.2) is 4.98 Å². The lowest BCUT2D eigenvalue weighted by molar-refractivity contribution is 0.0599. The number of benzene rings is 1. The predicted octanol–water partition coefficient (Wildman–Crippen LogP) is 1.83. The van der Waals surface area contributed by atoms with Crippen LogP contribution in [0, 0.1) is 0 Å². The maximum Gasteiger partial charge on any atom is 0.229 e. The lowest BCUT2D eigenvalue weighted by atomic mass is 10.2. The number of para-hydroxylation sites is 1. The number of methoxy groups -OCH3 is 1. The Morgan fingerprint density at radius 1 is 1.19 bits per heavy atom. The van der Waals surface area contributed by atoms with Crippen molar-refractivity contribution in [3.8, 4) is 11.5 Å². The van der Waals surface area contributed by atoms with Gasteiger partial charge in [0.05, 0.1) is 24.6 Å². The minimum Gasteiger partial charge on any atom is -0.390 e. The molecule has 6 heteroatoms. The van der Waals surface area contributed by atoms with Crippen LogP contribution in [0.2, 0.25) is 0 Å². The van der Waals surface area contributed by atoms with Crippen molar-refractivity contribution in [3.05, 3.63) is 42.3 Å². The minimum absolute atomic E-state index is 0.228. The first kappa shape index (κ1) is 13.7. The van der Waals surface area contributed by atoms with Gasteiger partial charge in [0.1, 0.15) is 5.69 Å². The zero-order valence-corrected chi connectivity index (χ0v) is 11.6. The molecule has 2 heterocycles. The van der Waals surface area contributed by atoms with Crippen LogP contribution in [0.4, 0.5) is 0 Å². The fraction of sp³-hybridized carbons (Fsp3) is 0.267. The number of aliphatic hydroxyl groups excluding tert-OH is 1. The van der Waals surface area contributed by atoms with Crippen LogP contribution >= 0.6 is 0 Å². The largest absolute Gasteiger partial charge is 0.390 e. The predicted molar refractivity (Wildman–Crippen MR) is 76.6 cm³/mol. The van der Waals surface area contributed by atoms with Crippen LogP contribution < -0.4 is 0 Å². The van der Waals surface area contributed by atoms with E-state index in [-0.39, 0.29) is 13.0 Å². The molecule has 21 heavy (non-hydrogen) atoms. The molecule has 1 atom stereocenters. The minimum atomic E-state index is -0.659. The van der Waals surface area contributed by atoms with E-state index in [1.165, 1.54) is 7.11 Å². The monoisotopic (exact) mass is 285 g/mol. The number of nitrogens with zero attached hydrogens (tertiary/aromatic N) is 3. The number of hydrogen-bond donors (Lipinski definition) is 1. The molecule has 6 nitrogen and oxygen atoms in total. The van der Waals surface area contributed by atoms with Gasteiger partial charge in [0, 0.05) is 12.5 Å². The maximum absolute atomic E-state index is 9.66. The summed E-state index contributed by atoms with van der Waals surface area (Å²) in [5, 5.41) is 14.6. The van der Waals surface area contributed by atoms with Crippen molar-refractivity contribution in [2.75, 3.05) is 13.7 Å². The van der Waals surface area contributed by atoms with E-state index in [0.717, 1.165) is 10.9 Å². The summed E-state index contributed by atoms with van der Waals surface area (Å²) in [6.45, 7) is 0.228. The van der Waals surface area contributed by atoms with Crippen LogP contribution in [0.1, 0.15) is 5.89 Å². The average Bonchev–Trinajstić information content (AvgIpc) is 2.95. The molecular formula is C15H15N3O3. The Morgan fingerprint density at radius 2 is 2.05 bits per heavy atom. The van der Waals surface area contributed by atoms with Crippen LogP contribution in [0.3, 0.4) is 0 Å². The highest BCUT2D eigenvalue weighted by atomic mass is 16.5. The van der Waals surface area contributed by atoms with Gasteiger partial charge >= 0.3 is 0 Å². The summed E-state index contributed by atoms with van der Waals surface area (Å²) in [7, 11) is 1.53. The van der Waals surface area contributed by atoms with Crippen LogP contribution in [-0.4, -0.2) is 40.1 Å². The van der Waals surface area contributed by atoms with Crippen molar-refractivity contribution in [2.45, 2.75) is 12.5 Å². The molecule has 1 aromatic carbocycles. The normalized spacial score (nSPS) is 12.7. The molecule has 0 saturated carbocycles. The van der Waals surface area contributed by atoms with Gasteiger partial charge in [-0.3, -0.25) is 0 Å². The Balaban J connectivity index is 1.84. The molecule has 2 aromatic heterocycles. The van der Waals surface area contributed by atoms with Gasteiger partial charge in [-0.05, 0) is 12.1 Å². The molecule has 0 radical (unpaired) electrons. The lowest BCUT2D eigenvalue weighted by Gasteiger charge is -2.04. The van der Waals surface area contributed by atoms with Gasteiger partial charge < -0.3 is 14.4 Å². The summed E-state index contributed by atoms with van der Waals surface area (Å²) < 4.78 is 9.99. The number of hydrogen-bond acceptors (Lipinski definition) is 6. The first-order valence-electron chi connectivity index (χ1n) is 6.62. The van der Waals surface area contributed by atoms with E-state index in [9.17, 15) is 5.11 Å². The molecule has 0 fully saturated rings. The molecule has 108 valence electrons.